The zero-order valence-electron chi connectivity index (χ0n) is 11.0. The summed E-state index contributed by atoms with van der Waals surface area (Å²) in [5, 5.41) is 11.0. The van der Waals surface area contributed by atoms with E-state index in [0.717, 1.165) is 0 Å². The number of sulfonamides is 3. The first-order valence-electron chi connectivity index (χ1n) is 4.02. The third-order valence-electron chi connectivity index (χ3n) is 0.968. The number of hydrogen-bond acceptors (Lipinski definition) is 6. The van der Waals surface area contributed by atoms with Crippen molar-refractivity contribution in [2.24, 2.45) is 15.4 Å². The number of primary sulfonamides is 3. The van der Waals surface area contributed by atoms with Crippen LogP contribution >= 0.6 is 0 Å². The first kappa shape index (κ1) is 32.6. The van der Waals surface area contributed by atoms with E-state index in [0.29, 0.717) is 0 Å². The molecular weight excluding hydrogens is 560 g/mol. The molecule has 0 aliphatic carbocycles. The van der Waals surface area contributed by atoms with Crippen molar-refractivity contribution in [1.29, 1.82) is 0 Å². The van der Waals surface area contributed by atoms with Crippen molar-refractivity contribution in [2.75, 3.05) is 0 Å². The number of rotatable bonds is 0. The van der Waals surface area contributed by atoms with Gasteiger partial charge in [0.05, 0.1) is 0 Å². The summed E-state index contributed by atoms with van der Waals surface area (Å²) >= 11 is 0. The summed E-state index contributed by atoms with van der Waals surface area (Å²) < 4.78 is 153. The fraction of sp³-hybridized carbons (Fsp3) is 1.00. The Balaban J connectivity index is -0.000000130. The summed E-state index contributed by atoms with van der Waals surface area (Å²) in [4.78, 5) is 0. The van der Waals surface area contributed by atoms with E-state index in [4.69, 9.17) is 0 Å². The zero-order valence-corrected chi connectivity index (χ0v) is 17.5. The van der Waals surface area contributed by atoms with Crippen LogP contribution in [0.5, 0.6) is 0 Å². The SMILES string of the molecule is NS(=O)(=O)C(F)(F)F.NS(=O)(=O)C(F)(F)F.NS(=O)(=O)C(F)(F)F.[SnH2]. The van der Waals surface area contributed by atoms with Gasteiger partial charge in [-0.1, -0.05) is 0 Å². The molecule has 9 nitrogen and oxygen atoms in total. The van der Waals surface area contributed by atoms with Gasteiger partial charge in [0.25, 0.3) is 0 Å². The summed E-state index contributed by atoms with van der Waals surface area (Å²) in [6, 6.07) is 0. The average molecular weight is 568 g/mol. The van der Waals surface area contributed by atoms with Crippen LogP contribution in [0.15, 0.2) is 0 Å². The standard InChI is InChI=1S/3CH2F3NO2S.Sn.2H/c3*2-1(3,4)8(5,6)7;;;/h3*(H2,5,6,7);;;. The van der Waals surface area contributed by atoms with Crippen molar-refractivity contribution >= 4 is 54.0 Å². The van der Waals surface area contributed by atoms with Gasteiger partial charge in [0.2, 0.25) is 0 Å². The predicted octanol–water partition coefficient (Wildman–Crippen LogP) is -1.53. The van der Waals surface area contributed by atoms with E-state index in [1.165, 1.54) is 0 Å². The Kier molecular flexibility index (Phi) is 12.7. The molecule has 0 aromatic heterocycles. The van der Waals surface area contributed by atoms with Gasteiger partial charge >= 0.3 is 70.5 Å². The molecule has 0 aromatic rings. The molecule has 0 atom stereocenters. The molecule has 0 rings (SSSR count). The van der Waals surface area contributed by atoms with Gasteiger partial charge in [-0.2, -0.15) is 39.5 Å². The number of hydrogen-bond donors (Lipinski definition) is 3. The molecule has 0 spiro atoms. The maximum absolute atomic E-state index is 10.8. The monoisotopic (exact) mass is 569 g/mol. The Morgan fingerprint density at radius 3 is 0.480 bits per heavy atom. The van der Waals surface area contributed by atoms with E-state index in [1.54, 1.807) is 0 Å². The zero-order chi connectivity index (χ0) is 21.0. The van der Waals surface area contributed by atoms with Crippen LogP contribution in [0.4, 0.5) is 39.5 Å². The molecule has 0 saturated heterocycles. The van der Waals surface area contributed by atoms with Crippen LogP contribution in [0, 0.1) is 0 Å². The first-order valence-corrected chi connectivity index (χ1v) is 8.66. The molecule has 0 fully saturated rings. The van der Waals surface area contributed by atoms with Crippen LogP contribution < -0.4 is 15.4 Å². The molecule has 0 amide bonds. The van der Waals surface area contributed by atoms with E-state index < -0.39 is 46.6 Å². The topological polar surface area (TPSA) is 180 Å². The third kappa shape index (κ3) is 15.8. The van der Waals surface area contributed by atoms with Gasteiger partial charge in [0, 0.05) is 0 Å². The number of nitrogens with two attached hydrogens (primary N) is 3. The second-order valence-corrected chi connectivity index (χ2v) is 7.63. The average Bonchev–Trinajstić information content (AvgIpc) is 2.08. The number of halogens is 9. The second-order valence-electron chi connectivity index (χ2n) is 2.97. The van der Waals surface area contributed by atoms with Gasteiger partial charge in [-0.25, -0.2) is 40.7 Å². The molecule has 0 heterocycles. The van der Waals surface area contributed by atoms with Crippen molar-refractivity contribution in [2.45, 2.75) is 16.5 Å². The molecular formula is C3H8F9N3O6S3Sn. The van der Waals surface area contributed by atoms with Crippen molar-refractivity contribution in [3.8, 4) is 0 Å². The second kappa shape index (κ2) is 9.72. The van der Waals surface area contributed by atoms with Crippen molar-refractivity contribution in [3.05, 3.63) is 0 Å². The minimum atomic E-state index is -5.34. The van der Waals surface area contributed by atoms with Crippen molar-refractivity contribution < 1.29 is 64.8 Å². The molecule has 22 heteroatoms. The molecule has 0 saturated carbocycles. The molecule has 2 radical (unpaired) electrons. The van der Waals surface area contributed by atoms with E-state index in [9.17, 15) is 64.8 Å². The Bertz CT molecular complexity index is 605. The quantitative estimate of drug-likeness (QED) is 0.236. The van der Waals surface area contributed by atoms with Crippen LogP contribution in [-0.4, -0.2) is 65.7 Å². The molecule has 0 aromatic carbocycles. The summed E-state index contributed by atoms with van der Waals surface area (Å²) in [7, 11) is -16.0. The Morgan fingerprint density at radius 2 is 0.480 bits per heavy atom. The predicted molar refractivity (Wildman–Crippen MR) is 66.0 cm³/mol. The minimum absolute atomic E-state index is 0. The van der Waals surface area contributed by atoms with Crippen LogP contribution in [-0.2, 0) is 30.1 Å². The van der Waals surface area contributed by atoms with Gasteiger partial charge in [-0.05, 0) is 0 Å². The molecule has 0 aliphatic heterocycles. The normalized spacial score (nSPS) is 13.4. The molecule has 0 bridgehead atoms. The maximum atomic E-state index is 10.8. The van der Waals surface area contributed by atoms with Gasteiger partial charge < -0.3 is 0 Å². The molecule has 0 aliphatic rings. The number of alkyl halides is 9. The molecule has 156 valence electrons. The van der Waals surface area contributed by atoms with Crippen molar-refractivity contribution in [1.82, 2.24) is 0 Å². The van der Waals surface area contributed by atoms with Crippen LogP contribution in [0.2, 0.25) is 0 Å². The summed E-state index contributed by atoms with van der Waals surface area (Å²) in [5.41, 5.74) is -15.9. The first-order chi connectivity index (χ1) is 9.75. The van der Waals surface area contributed by atoms with Crippen LogP contribution in [0.25, 0.3) is 0 Å². The fourth-order valence-corrected chi connectivity index (χ4v) is 0. The molecule has 6 N–H and O–H groups in total. The summed E-state index contributed by atoms with van der Waals surface area (Å²) in [6.45, 7) is 0. The van der Waals surface area contributed by atoms with Gasteiger partial charge in [-0.3, -0.25) is 0 Å². The summed E-state index contributed by atoms with van der Waals surface area (Å²) in [6.07, 6.45) is 0. The Morgan fingerprint density at radius 1 is 0.440 bits per heavy atom. The van der Waals surface area contributed by atoms with Gasteiger partial charge in [0.1, 0.15) is 0 Å². The van der Waals surface area contributed by atoms with Crippen LogP contribution in [0.3, 0.4) is 0 Å². The Hall–Kier alpha value is -0.101. The Labute approximate surface area is 150 Å². The van der Waals surface area contributed by atoms with Gasteiger partial charge in [-0.15, -0.1) is 0 Å². The van der Waals surface area contributed by atoms with Gasteiger partial charge in [0.15, 0.2) is 0 Å². The van der Waals surface area contributed by atoms with Crippen LogP contribution in [0.1, 0.15) is 0 Å². The summed E-state index contributed by atoms with van der Waals surface area (Å²) in [5.74, 6) is 0. The fourth-order valence-electron chi connectivity index (χ4n) is 0. The molecule has 25 heavy (non-hydrogen) atoms. The van der Waals surface area contributed by atoms with E-state index >= 15 is 0 Å². The van der Waals surface area contributed by atoms with E-state index in [2.05, 4.69) is 15.4 Å². The van der Waals surface area contributed by atoms with E-state index in [1.807, 2.05) is 0 Å². The van der Waals surface area contributed by atoms with Crippen molar-refractivity contribution in [3.63, 3.8) is 0 Å². The molecule has 0 unspecified atom stereocenters. The third-order valence-corrected chi connectivity index (χ3v) is 2.90. The van der Waals surface area contributed by atoms with E-state index in [-0.39, 0.29) is 23.9 Å².